The van der Waals surface area contributed by atoms with Gasteiger partial charge in [-0.2, -0.15) is 0 Å². The Morgan fingerprint density at radius 3 is 2.71 bits per heavy atom. The van der Waals surface area contributed by atoms with Crippen LogP contribution in [0.2, 0.25) is 0 Å². The van der Waals surface area contributed by atoms with Gasteiger partial charge in [0.1, 0.15) is 11.4 Å². The largest absolute Gasteiger partial charge is 0.480 e. The number of carbonyl (C=O) groups is 1. The highest BCUT2D eigenvalue weighted by molar-refractivity contribution is 5.91. The first-order valence-corrected chi connectivity index (χ1v) is 4.76. The van der Waals surface area contributed by atoms with Crippen molar-refractivity contribution >= 4 is 11.6 Å². The number of methoxy groups -OCH3 is 2. The van der Waals surface area contributed by atoms with Crippen molar-refractivity contribution in [3.05, 3.63) is 23.3 Å². The van der Waals surface area contributed by atoms with Gasteiger partial charge in [-0.1, -0.05) is 0 Å². The molecule has 2 rings (SSSR count). The lowest BCUT2D eigenvalue weighted by atomic mass is 10.2. The second kappa shape index (κ2) is 4.00. The quantitative estimate of drug-likeness (QED) is 0.730. The van der Waals surface area contributed by atoms with Crippen molar-refractivity contribution in [3.63, 3.8) is 0 Å². The van der Waals surface area contributed by atoms with Gasteiger partial charge in [0, 0.05) is 6.07 Å². The Bertz CT molecular complexity index is 594. The maximum atomic E-state index is 14.0. The predicted molar refractivity (Wildman–Crippen MR) is 55.6 cm³/mol. The summed E-state index contributed by atoms with van der Waals surface area (Å²) in [7, 11) is 2.48. The molecule has 0 saturated carbocycles. The first kappa shape index (κ1) is 11.3. The predicted octanol–water partition coefficient (Wildman–Crippen LogP) is 0.972. The summed E-state index contributed by atoms with van der Waals surface area (Å²) in [5, 5.41) is 7.59. The van der Waals surface area contributed by atoms with E-state index in [9.17, 15) is 9.18 Å². The van der Waals surface area contributed by atoms with Crippen LogP contribution in [-0.4, -0.2) is 34.8 Å². The van der Waals surface area contributed by atoms with Gasteiger partial charge in [-0.05, 0) is 6.92 Å². The standard InChI is InChI=1S/C10H10FN3O3/c1-5-12-13-7-4-6(10(15)17-3)8(11)9(16-2)14(5)7/h4H,1-3H3. The average Bonchev–Trinajstić information content (AvgIpc) is 2.69. The van der Waals surface area contributed by atoms with E-state index < -0.39 is 11.8 Å². The molecule has 0 fully saturated rings. The maximum absolute atomic E-state index is 14.0. The summed E-state index contributed by atoms with van der Waals surface area (Å²) < 4.78 is 24.8. The zero-order valence-electron chi connectivity index (χ0n) is 9.52. The lowest BCUT2D eigenvalue weighted by molar-refractivity contribution is 0.0594. The highest BCUT2D eigenvalue weighted by atomic mass is 19.1. The molecule has 0 aliphatic carbocycles. The third-order valence-corrected chi connectivity index (χ3v) is 2.35. The number of ether oxygens (including phenoxy) is 2. The van der Waals surface area contributed by atoms with Crippen LogP contribution in [0.15, 0.2) is 6.07 Å². The molecule has 2 heterocycles. The molecule has 0 spiro atoms. The average molecular weight is 239 g/mol. The van der Waals surface area contributed by atoms with Crippen molar-refractivity contribution in [1.29, 1.82) is 0 Å². The van der Waals surface area contributed by atoms with E-state index in [0.717, 1.165) is 0 Å². The van der Waals surface area contributed by atoms with Crippen LogP contribution in [0.1, 0.15) is 16.2 Å². The fraction of sp³-hybridized carbons (Fsp3) is 0.300. The van der Waals surface area contributed by atoms with Crippen molar-refractivity contribution in [3.8, 4) is 5.88 Å². The van der Waals surface area contributed by atoms with Crippen LogP contribution in [0.5, 0.6) is 5.88 Å². The number of aryl methyl sites for hydroxylation is 1. The SMILES string of the molecule is COC(=O)c1cc2nnc(C)n2c(OC)c1F. The normalized spacial score (nSPS) is 10.6. The molecule has 0 saturated heterocycles. The van der Waals surface area contributed by atoms with E-state index >= 15 is 0 Å². The minimum absolute atomic E-state index is 0.120. The molecule has 0 atom stereocenters. The van der Waals surface area contributed by atoms with E-state index in [1.165, 1.54) is 24.7 Å². The number of halogens is 1. The molecule has 0 unspecified atom stereocenters. The van der Waals surface area contributed by atoms with Gasteiger partial charge in [0.2, 0.25) is 5.88 Å². The Morgan fingerprint density at radius 2 is 2.12 bits per heavy atom. The van der Waals surface area contributed by atoms with Crippen molar-refractivity contribution in [2.45, 2.75) is 6.92 Å². The van der Waals surface area contributed by atoms with E-state index in [2.05, 4.69) is 14.9 Å². The topological polar surface area (TPSA) is 65.7 Å². The Morgan fingerprint density at radius 1 is 1.41 bits per heavy atom. The number of hydrogen-bond donors (Lipinski definition) is 0. The van der Waals surface area contributed by atoms with Gasteiger partial charge >= 0.3 is 5.97 Å². The Hall–Kier alpha value is -2.18. The van der Waals surface area contributed by atoms with Crippen molar-refractivity contribution in [1.82, 2.24) is 14.6 Å². The maximum Gasteiger partial charge on any atom is 0.341 e. The monoisotopic (exact) mass is 239 g/mol. The van der Waals surface area contributed by atoms with Crippen LogP contribution in [-0.2, 0) is 4.74 Å². The summed E-state index contributed by atoms with van der Waals surface area (Å²) in [5.74, 6) is -1.24. The third kappa shape index (κ3) is 1.59. The van der Waals surface area contributed by atoms with E-state index in [0.29, 0.717) is 11.5 Å². The van der Waals surface area contributed by atoms with Crippen LogP contribution >= 0.6 is 0 Å². The number of pyridine rings is 1. The summed E-state index contributed by atoms with van der Waals surface area (Å²) in [6.45, 7) is 1.65. The fourth-order valence-corrected chi connectivity index (χ4v) is 1.57. The number of nitrogens with zero attached hydrogens (tertiary/aromatic N) is 3. The smallest absolute Gasteiger partial charge is 0.341 e. The molecule has 17 heavy (non-hydrogen) atoms. The highest BCUT2D eigenvalue weighted by Gasteiger charge is 2.22. The first-order chi connectivity index (χ1) is 8.10. The number of rotatable bonds is 2. The van der Waals surface area contributed by atoms with E-state index in [-0.39, 0.29) is 11.4 Å². The molecule has 0 bridgehead atoms. The number of fused-ring (bicyclic) bond motifs is 1. The number of carbonyl (C=O) groups excluding carboxylic acids is 1. The van der Waals surface area contributed by atoms with Crippen LogP contribution < -0.4 is 4.74 Å². The highest BCUT2D eigenvalue weighted by Crippen LogP contribution is 2.24. The van der Waals surface area contributed by atoms with Crippen LogP contribution in [0.25, 0.3) is 5.65 Å². The molecule has 0 aliphatic heterocycles. The van der Waals surface area contributed by atoms with Crippen molar-refractivity contribution in [2.75, 3.05) is 14.2 Å². The minimum atomic E-state index is -0.797. The number of aromatic nitrogens is 3. The van der Waals surface area contributed by atoms with Gasteiger partial charge in [0.25, 0.3) is 0 Å². The van der Waals surface area contributed by atoms with E-state index in [1.54, 1.807) is 6.92 Å². The molecule has 0 aliphatic rings. The van der Waals surface area contributed by atoms with Gasteiger partial charge in [-0.25, -0.2) is 13.6 Å². The molecule has 7 heteroatoms. The van der Waals surface area contributed by atoms with Crippen molar-refractivity contribution < 1.29 is 18.7 Å². The van der Waals surface area contributed by atoms with Gasteiger partial charge in [-0.15, -0.1) is 10.2 Å². The van der Waals surface area contributed by atoms with Crippen LogP contribution in [0.3, 0.4) is 0 Å². The molecule has 0 amide bonds. The van der Waals surface area contributed by atoms with Gasteiger partial charge in [0.15, 0.2) is 11.5 Å². The van der Waals surface area contributed by atoms with Crippen LogP contribution in [0.4, 0.5) is 4.39 Å². The molecule has 90 valence electrons. The summed E-state index contributed by atoms with van der Waals surface area (Å²) in [4.78, 5) is 11.4. The third-order valence-electron chi connectivity index (χ3n) is 2.35. The molecule has 2 aromatic rings. The van der Waals surface area contributed by atoms with Gasteiger partial charge < -0.3 is 9.47 Å². The molecule has 0 aromatic carbocycles. The summed E-state index contributed by atoms with van der Waals surface area (Å²) in [5.41, 5.74) is 0.0883. The lowest BCUT2D eigenvalue weighted by Gasteiger charge is -2.08. The second-order valence-electron chi connectivity index (χ2n) is 3.31. The Balaban J connectivity index is 2.81. The summed E-state index contributed by atoms with van der Waals surface area (Å²) >= 11 is 0. The molecule has 2 aromatic heterocycles. The van der Waals surface area contributed by atoms with Gasteiger partial charge in [-0.3, -0.25) is 0 Å². The molecule has 0 N–H and O–H groups in total. The zero-order valence-corrected chi connectivity index (χ0v) is 9.52. The second-order valence-corrected chi connectivity index (χ2v) is 3.31. The van der Waals surface area contributed by atoms with Gasteiger partial charge in [0.05, 0.1) is 14.2 Å². The zero-order chi connectivity index (χ0) is 12.6. The molecular weight excluding hydrogens is 229 g/mol. The van der Waals surface area contributed by atoms with Crippen molar-refractivity contribution in [2.24, 2.45) is 0 Å². The Kier molecular flexibility index (Phi) is 2.66. The van der Waals surface area contributed by atoms with E-state index in [4.69, 9.17) is 4.74 Å². The minimum Gasteiger partial charge on any atom is -0.480 e. The summed E-state index contributed by atoms with van der Waals surface area (Å²) in [6.07, 6.45) is 0. The molecule has 0 radical (unpaired) electrons. The number of esters is 1. The molecule has 6 nitrogen and oxygen atoms in total. The Labute approximate surface area is 96.0 Å². The fourth-order valence-electron chi connectivity index (χ4n) is 1.57. The summed E-state index contributed by atoms with van der Waals surface area (Å²) in [6, 6.07) is 1.27. The number of hydrogen-bond acceptors (Lipinski definition) is 5. The van der Waals surface area contributed by atoms with E-state index in [1.807, 2.05) is 0 Å². The first-order valence-electron chi connectivity index (χ1n) is 4.76. The van der Waals surface area contributed by atoms with Crippen LogP contribution in [0, 0.1) is 12.7 Å². The lowest BCUT2D eigenvalue weighted by Crippen LogP contribution is -2.09. The molecular formula is C10H10FN3O3.